The molecular weight excluding hydrogens is 581 g/mol. The van der Waals surface area contributed by atoms with Gasteiger partial charge in [-0.2, -0.15) is 0 Å². The van der Waals surface area contributed by atoms with Crippen LogP contribution < -0.4 is 38.1 Å². The molecule has 0 radical (unpaired) electrons. The first-order chi connectivity index (χ1) is 20.5. The Kier molecular flexibility index (Phi) is 9.68. The Morgan fingerprint density at radius 2 is 1.93 bits per heavy atom. The van der Waals surface area contributed by atoms with E-state index in [1.54, 1.807) is 31.2 Å². The maximum Gasteiger partial charge on any atom is 0.411 e. The van der Waals surface area contributed by atoms with Crippen LogP contribution in [0.3, 0.4) is 0 Å². The van der Waals surface area contributed by atoms with Gasteiger partial charge in [-0.05, 0) is 48.7 Å². The smallest absolute Gasteiger partial charge is 0.411 e. The van der Waals surface area contributed by atoms with Crippen LogP contribution in [0.25, 0.3) is 11.1 Å². The van der Waals surface area contributed by atoms with Gasteiger partial charge in [0.2, 0.25) is 11.5 Å². The predicted octanol–water partition coefficient (Wildman–Crippen LogP) is 4.11. The molecule has 0 saturated heterocycles. The fraction of sp³-hybridized carbons (Fsp3) is 0.241. The van der Waals surface area contributed by atoms with Crippen LogP contribution in [0.2, 0.25) is 5.02 Å². The lowest BCUT2D eigenvalue weighted by atomic mass is 9.95. The van der Waals surface area contributed by atoms with Crippen LogP contribution in [0.5, 0.6) is 0 Å². The zero-order valence-corrected chi connectivity index (χ0v) is 24.1. The van der Waals surface area contributed by atoms with E-state index in [0.717, 1.165) is 11.2 Å². The molecule has 1 aliphatic heterocycles. The SMILES string of the molecule is COC(=O)Nc1ccc2c(c1)NC(=O)C(C)CCC[C@H](NC(=O)/C(N)=C/N(N)c1cccc(Cl)c1F)c1cc-2cc(=O)[nH]1. The summed E-state index contributed by atoms with van der Waals surface area (Å²) >= 11 is 5.83. The number of rotatable bonds is 5. The minimum atomic E-state index is -0.781. The standard InChI is InChI=1S/C29H31ClFN7O5/c1-15-5-3-7-21(36-28(41)20(32)14-38(33)24-8-4-6-19(30)26(24)31)23-11-16(12-25(39)35-23)18-10-9-17(34-29(42)43-2)13-22(18)37-27(15)40/h4,6,8-15,21H,3,5,7,32-33H2,1-2H3,(H,34,42)(H,35,39)(H,36,41)(H,37,40)/b20-14-/t15?,21-/m0/s1. The number of nitrogens with two attached hydrogens (primary N) is 2. The highest BCUT2D eigenvalue weighted by Crippen LogP contribution is 2.33. The van der Waals surface area contributed by atoms with E-state index in [4.69, 9.17) is 23.2 Å². The van der Waals surface area contributed by atoms with Crippen molar-refractivity contribution in [3.8, 4) is 11.1 Å². The van der Waals surface area contributed by atoms with Crippen molar-refractivity contribution in [2.45, 2.75) is 32.2 Å². The summed E-state index contributed by atoms with van der Waals surface area (Å²) in [6.07, 6.45) is 1.70. The van der Waals surface area contributed by atoms with Gasteiger partial charge in [-0.15, -0.1) is 0 Å². The molecule has 14 heteroatoms. The number of pyridine rings is 1. The van der Waals surface area contributed by atoms with E-state index in [2.05, 4.69) is 25.7 Å². The minimum Gasteiger partial charge on any atom is -0.453 e. The summed E-state index contributed by atoms with van der Waals surface area (Å²) in [6, 6.07) is 11.4. The third-order valence-electron chi connectivity index (χ3n) is 6.89. The van der Waals surface area contributed by atoms with Crippen molar-refractivity contribution in [2.75, 3.05) is 22.8 Å². The first kappa shape index (κ1) is 31.1. The van der Waals surface area contributed by atoms with Crippen LogP contribution in [-0.4, -0.2) is 30.0 Å². The average Bonchev–Trinajstić information content (AvgIpc) is 2.96. The van der Waals surface area contributed by atoms with Crippen molar-refractivity contribution >= 4 is 46.6 Å². The van der Waals surface area contributed by atoms with Crippen molar-refractivity contribution in [3.63, 3.8) is 0 Å². The Hall–Kier alpha value is -4.88. The van der Waals surface area contributed by atoms with Crippen LogP contribution in [-0.2, 0) is 14.3 Å². The Labute approximate surface area is 251 Å². The Bertz CT molecular complexity index is 1640. The lowest BCUT2D eigenvalue weighted by Crippen LogP contribution is -2.36. The number of anilines is 3. The molecule has 226 valence electrons. The summed E-state index contributed by atoms with van der Waals surface area (Å²) in [5.74, 6) is 3.77. The number of nitrogens with one attached hydrogen (secondary N) is 4. The Morgan fingerprint density at radius 1 is 1.16 bits per heavy atom. The fourth-order valence-corrected chi connectivity index (χ4v) is 4.76. The summed E-state index contributed by atoms with van der Waals surface area (Å²) in [4.78, 5) is 53.5. The van der Waals surface area contributed by atoms with Crippen molar-refractivity contribution < 1.29 is 23.5 Å². The molecule has 1 aromatic heterocycles. The molecule has 0 aliphatic carbocycles. The number of aromatic amines is 1. The van der Waals surface area contributed by atoms with Gasteiger partial charge in [0.25, 0.3) is 5.91 Å². The number of H-pyrrole nitrogens is 1. The molecule has 12 nitrogen and oxygen atoms in total. The maximum absolute atomic E-state index is 14.4. The molecule has 43 heavy (non-hydrogen) atoms. The number of methoxy groups -OCH3 is 1. The number of hydrogen-bond acceptors (Lipinski definition) is 8. The van der Waals surface area contributed by atoms with Gasteiger partial charge in [-0.3, -0.25) is 24.7 Å². The van der Waals surface area contributed by atoms with E-state index in [0.29, 0.717) is 47.5 Å². The number of halogens is 2. The molecule has 3 aromatic rings. The highest BCUT2D eigenvalue weighted by atomic mass is 35.5. The summed E-state index contributed by atoms with van der Waals surface area (Å²) in [5, 5.41) is 8.96. The normalized spacial score (nSPS) is 17.0. The van der Waals surface area contributed by atoms with Crippen LogP contribution in [0, 0.1) is 11.7 Å². The van der Waals surface area contributed by atoms with Crippen molar-refractivity contribution in [2.24, 2.45) is 17.5 Å². The van der Waals surface area contributed by atoms with E-state index in [1.165, 1.54) is 31.4 Å². The number of hydrogen-bond donors (Lipinski definition) is 6. The number of carbonyl (C=O) groups excluding carboxylic acids is 3. The molecule has 0 saturated carbocycles. The molecule has 4 rings (SSSR count). The van der Waals surface area contributed by atoms with Gasteiger partial charge in [0.05, 0.1) is 35.7 Å². The van der Waals surface area contributed by atoms with E-state index in [9.17, 15) is 23.6 Å². The third kappa shape index (κ3) is 7.50. The number of amides is 3. The maximum atomic E-state index is 14.4. The van der Waals surface area contributed by atoms with Gasteiger partial charge in [0.1, 0.15) is 5.70 Å². The molecule has 3 amide bonds. The number of benzene rings is 2. The lowest BCUT2D eigenvalue weighted by molar-refractivity contribution is -0.120. The first-order valence-corrected chi connectivity index (χ1v) is 13.6. The topological polar surface area (TPSA) is 185 Å². The number of fused-ring (bicyclic) bond motifs is 4. The van der Waals surface area contributed by atoms with Gasteiger partial charge >= 0.3 is 6.09 Å². The minimum absolute atomic E-state index is 0.0952. The molecule has 1 unspecified atom stereocenters. The van der Waals surface area contributed by atoms with Gasteiger partial charge in [0, 0.05) is 28.9 Å². The van der Waals surface area contributed by atoms with Crippen LogP contribution in [0.15, 0.2) is 65.2 Å². The highest BCUT2D eigenvalue weighted by Gasteiger charge is 2.23. The second-order valence-electron chi connectivity index (χ2n) is 9.98. The van der Waals surface area contributed by atoms with Crippen molar-refractivity contribution in [3.05, 3.63) is 87.3 Å². The number of nitrogens with zero attached hydrogens (tertiary/aromatic N) is 1. The zero-order valence-electron chi connectivity index (χ0n) is 23.4. The number of carbonyl (C=O) groups is 3. The number of ether oxygens (including phenoxy) is 1. The third-order valence-corrected chi connectivity index (χ3v) is 7.19. The zero-order chi connectivity index (χ0) is 31.3. The molecule has 2 heterocycles. The first-order valence-electron chi connectivity index (χ1n) is 13.3. The molecule has 0 fully saturated rings. The summed E-state index contributed by atoms with van der Waals surface area (Å²) in [6.45, 7) is 1.78. The second-order valence-corrected chi connectivity index (χ2v) is 10.4. The number of hydrazine groups is 1. The predicted molar refractivity (Wildman–Crippen MR) is 161 cm³/mol. The molecule has 2 atom stereocenters. The van der Waals surface area contributed by atoms with E-state index in [-0.39, 0.29) is 22.3 Å². The summed E-state index contributed by atoms with van der Waals surface area (Å²) in [7, 11) is 1.23. The fourth-order valence-electron chi connectivity index (χ4n) is 4.59. The molecule has 2 bridgehead atoms. The molecule has 8 N–H and O–H groups in total. The van der Waals surface area contributed by atoms with E-state index < -0.39 is 35.3 Å². The molecule has 0 spiro atoms. The summed E-state index contributed by atoms with van der Waals surface area (Å²) in [5.41, 5.74) is 7.25. The van der Waals surface area contributed by atoms with Gasteiger partial charge in [-0.1, -0.05) is 37.1 Å². The molecular formula is C29H31ClFN7O5. The van der Waals surface area contributed by atoms with Gasteiger partial charge < -0.3 is 26.1 Å². The summed E-state index contributed by atoms with van der Waals surface area (Å²) < 4.78 is 19.1. The van der Waals surface area contributed by atoms with Crippen molar-refractivity contribution in [1.82, 2.24) is 10.3 Å². The second kappa shape index (κ2) is 13.4. The number of aromatic nitrogens is 1. The van der Waals surface area contributed by atoms with Crippen LogP contribution in [0.1, 0.15) is 37.9 Å². The van der Waals surface area contributed by atoms with Gasteiger partial charge in [0.15, 0.2) is 5.82 Å². The Balaban J connectivity index is 1.69. The highest BCUT2D eigenvalue weighted by molar-refractivity contribution is 6.31. The van der Waals surface area contributed by atoms with E-state index in [1.807, 2.05) is 0 Å². The average molecular weight is 612 g/mol. The monoisotopic (exact) mass is 611 g/mol. The van der Waals surface area contributed by atoms with Crippen molar-refractivity contribution in [1.29, 1.82) is 0 Å². The molecule has 1 aliphatic rings. The molecule has 2 aromatic carbocycles. The Morgan fingerprint density at radius 3 is 2.67 bits per heavy atom. The van der Waals surface area contributed by atoms with Gasteiger partial charge in [-0.25, -0.2) is 15.0 Å². The van der Waals surface area contributed by atoms with Crippen LogP contribution in [0.4, 0.5) is 26.2 Å². The van der Waals surface area contributed by atoms with Crippen LogP contribution >= 0.6 is 11.6 Å². The lowest BCUT2D eigenvalue weighted by Gasteiger charge is -2.23. The van der Waals surface area contributed by atoms with E-state index >= 15 is 0 Å². The largest absolute Gasteiger partial charge is 0.453 e. The quantitative estimate of drug-likeness (QED) is 0.141.